The Morgan fingerprint density at radius 3 is 1.78 bits per heavy atom. The van der Waals surface area contributed by atoms with Gasteiger partial charge in [-0.15, -0.1) is 0 Å². The maximum absolute atomic E-state index is 14.2. The van der Waals surface area contributed by atoms with Crippen LogP contribution in [0.3, 0.4) is 0 Å². The number of hydrogen-bond acceptors (Lipinski definition) is 6. The number of halogens is 1. The summed E-state index contributed by atoms with van der Waals surface area (Å²) in [6, 6.07) is 24.9. The number of esters is 2. The Balaban J connectivity index is 2.01. The molecular formula is C29H27BrO6. The van der Waals surface area contributed by atoms with Crippen molar-refractivity contribution in [3.05, 3.63) is 106 Å². The Morgan fingerprint density at radius 2 is 1.28 bits per heavy atom. The summed E-state index contributed by atoms with van der Waals surface area (Å²) < 4.78 is 18.3. The Bertz CT molecular complexity index is 1190. The topological polar surface area (TPSA) is 78.9 Å². The normalized spacial score (nSPS) is 20.5. The summed E-state index contributed by atoms with van der Waals surface area (Å²) >= 11 is 3.39. The first-order chi connectivity index (χ1) is 17.4. The molecule has 0 unspecified atom stereocenters. The van der Waals surface area contributed by atoms with Crippen LogP contribution in [0, 0.1) is 11.3 Å². The van der Waals surface area contributed by atoms with Crippen LogP contribution in [0.25, 0.3) is 0 Å². The number of hydrogen-bond donors (Lipinski definition) is 0. The van der Waals surface area contributed by atoms with E-state index in [0.717, 1.165) is 4.47 Å². The molecule has 0 aromatic heterocycles. The molecule has 0 amide bonds. The van der Waals surface area contributed by atoms with Crippen LogP contribution in [-0.4, -0.2) is 30.9 Å². The van der Waals surface area contributed by atoms with Crippen molar-refractivity contribution in [2.24, 2.45) is 11.3 Å². The maximum atomic E-state index is 14.2. The molecule has 1 heterocycles. The average Bonchev–Trinajstić information content (AvgIpc) is 3.27. The van der Waals surface area contributed by atoms with E-state index >= 15 is 0 Å². The number of carbonyl (C=O) groups excluding carboxylic acids is 3. The van der Waals surface area contributed by atoms with Gasteiger partial charge in [-0.2, -0.15) is 0 Å². The molecule has 7 heteroatoms. The Kier molecular flexibility index (Phi) is 8.01. The summed E-state index contributed by atoms with van der Waals surface area (Å²) in [5, 5.41) is 0. The first-order valence-corrected chi connectivity index (χ1v) is 12.6. The van der Waals surface area contributed by atoms with Gasteiger partial charge in [0.25, 0.3) is 0 Å². The van der Waals surface area contributed by atoms with Crippen molar-refractivity contribution in [2.75, 3.05) is 13.2 Å². The molecular weight excluding hydrogens is 524 g/mol. The number of carbonyl (C=O) groups is 3. The number of rotatable bonds is 8. The number of ketones is 1. The van der Waals surface area contributed by atoms with Gasteiger partial charge in [0.05, 0.1) is 25.2 Å². The molecule has 4 rings (SSSR count). The lowest BCUT2D eigenvalue weighted by Crippen LogP contribution is -2.51. The van der Waals surface area contributed by atoms with Crippen molar-refractivity contribution >= 4 is 33.7 Å². The molecule has 1 fully saturated rings. The standard InChI is InChI=1S/C29H27BrO6/c1-3-34-27(32)29(28(33)35-4-2)23(24(31)19-15-17-22(30)18-16-19)25(20-11-7-5-8-12-20)36-26(29)21-13-9-6-10-14-21/h5-18,23,25-26H,3-4H2,1-2H3/t23-,25+,26-/m1/s1. The fourth-order valence-electron chi connectivity index (χ4n) is 4.81. The molecule has 0 spiro atoms. The lowest BCUT2D eigenvalue weighted by Gasteiger charge is -2.33. The predicted molar refractivity (Wildman–Crippen MR) is 137 cm³/mol. The second kappa shape index (κ2) is 11.2. The molecule has 1 saturated heterocycles. The maximum Gasteiger partial charge on any atom is 0.327 e. The van der Waals surface area contributed by atoms with Crippen LogP contribution >= 0.6 is 15.9 Å². The third-order valence-electron chi connectivity index (χ3n) is 6.36. The molecule has 6 nitrogen and oxygen atoms in total. The minimum absolute atomic E-state index is 0.0245. The van der Waals surface area contributed by atoms with E-state index < -0.39 is 41.3 Å². The van der Waals surface area contributed by atoms with Gasteiger partial charge in [0.15, 0.2) is 5.78 Å². The SMILES string of the molecule is CCOC(=O)C1(C(=O)OCC)[C@@H](c2ccccc2)O[C@@H](c2ccccc2)[C@H]1C(=O)c1ccc(Br)cc1. The molecule has 0 bridgehead atoms. The van der Waals surface area contributed by atoms with Gasteiger partial charge in [0.1, 0.15) is 6.10 Å². The van der Waals surface area contributed by atoms with Gasteiger partial charge in [-0.25, -0.2) is 0 Å². The van der Waals surface area contributed by atoms with Gasteiger partial charge in [-0.1, -0.05) is 88.7 Å². The van der Waals surface area contributed by atoms with E-state index in [1.165, 1.54) is 0 Å². The van der Waals surface area contributed by atoms with Crippen molar-refractivity contribution in [1.29, 1.82) is 0 Å². The van der Waals surface area contributed by atoms with Gasteiger partial charge < -0.3 is 14.2 Å². The van der Waals surface area contributed by atoms with E-state index in [9.17, 15) is 14.4 Å². The number of Topliss-reactive ketones (excluding diaryl/α,β-unsaturated/α-hetero) is 1. The van der Waals surface area contributed by atoms with Crippen molar-refractivity contribution in [3.63, 3.8) is 0 Å². The first kappa shape index (κ1) is 25.8. The van der Waals surface area contributed by atoms with Gasteiger partial charge >= 0.3 is 11.9 Å². The van der Waals surface area contributed by atoms with Crippen LogP contribution in [0.4, 0.5) is 0 Å². The van der Waals surface area contributed by atoms with E-state index in [1.807, 2.05) is 36.4 Å². The molecule has 36 heavy (non-hydrogen) atoms. The van der Waals surface area contributed by atoms with Gasteiger partial charge in [0.2, 0.25) is 5.41 Å². The van der Waals surface area contributed by atoms with Crippen LogP contribution in [-0.2, 0) is 23.8 Å². The molecule has 0 aliphatic carbocycles. The van der Waals surface area contributed by atoms with Crippen molar-refractivity contribution in [1.82, 2.24) is 0 Å². The highest BCUT2D eigenvalue weighted by molar-refractivity contribution is 9.10. The highest BCUT2D eigenvalue weighted by Gasteiger charge is 2.70. The number of ether oxygens (including phenoxy) is 3. The smallest absolute Gasteiger partial charge is 0.327 e. The van der Waals surface area contributed by atoms with Gasteiger partial charge in [-0.3, -0.25) is 14.4 Å². The van der Waals surface area contributed by atoms with E-state index in [4.69, 9.17) is 14.2 Å². The molecule has 0 N–H and O–H groups in total. The molecule has 3 aromatic rings. The summed E-state index contributed by atoms with van der Waals surface area (Å²) in [5.74, 6) is -3.32. The van der Waals surface area contributed by atoms with Gasteiger partial charge in [0, 0.05) is 10.0 Å². The summed E-state index contributed by atoms with van der Waals surface area (Å²) in [5.41, 5.74) is -0.465. The van der Waals surface area contributed by atoms with Crippen molar-refractivity contribution < 1.29 is 28.6 Å². The van der Waals surface area contributed by atoms with E-state index in [-0.39, 0.29) is 13.2 Å². The van der Waals surface area contributed by atoms with Crippen LogP contribution in [0.2, 0.25) is 0 Å². The van der Waals surface area contributed by atoms with Crippen molar-refractivity contribution in [3.8, 4) is 0 Å². The van der Waals surface area contributed by atoms with Crippen LogP contribution in [0.15, 0.2) is 89.4 Å². The fraction of sp³-hybridized carbons (Fsp3) is 0.276. The summed E-state index contributed by atoms with van der Waals surface area (Å²) in [4.78, 5) is 42.0. The van der Waals surface area contributed by atoms with E-state index in [1.54, 1.807) is 62.4 Å². The van der Waals surface area contributed by atoms with E-state index in [0.29, 0.717) is 16.7 Å². The third-order valence-corrected chi connectivity index (χ3v) is 6.89. The Hall–Kier alpha value is -3.29. The second-order valence-electron chi connectivity index (χ2n) is 8.42. The lowest BCUT2D eigenvalue weighted by molar-refractivity contribution is -0.178. The monoisotopic (exact) mass is 550 g/mol. The summed E-state index contributed by atoms with van der Waals surface area (Å²) in [6.07, 6.45) is -2.01. The van der Waals surface area contributed by atoms with Crippen LogP contribution in [0.5, 0.6) is 0 Å². The lowest BCUT2D eigenvalue weighted by atomic mass is 9.66. The Labute approximate surface area is 218 Å². The van der Waals surface area contributed by atoms with Gasteiger partial charge in [-0.05, 0) is 37.1 Å². The molecule has 1 aliphatic rings. The van der Waals surface area contributed by atoms with Crippen LogP contribution in [0.1, 0.15) is 47.5 Å². The van der Waals surface area contributed by atoms with E-state index in [2.05, 4.69) is 15.9 Å². The quantitative estimate of drug-likeness (QED) is 0.198. The van der Waals surface area contributed by atoms with Crippen LogP contribution < -0.4 is 0 Å². The van der Waals surface area contributed by atoms with Crippen molar-refractivity contribution in [2.45, 2.75) is 26.1 Å². The minimum Gasteiger partial charge on any atom is -0.465 e. The molecule has 3 aromatic carbocycles. The second-order valence-corrected chi connectivity index (χ2v) is 9.33. The zero-order chi connectivity index (χ0) is 25.7. The third kappa shape index (κ3) is 4.61. The molecule has 0 saturated carbocycles. The molecule has 0 radical (unpaired) electrons. The molecule has 1 aliphatic heterocycles. The highest BCUT2D eigenvalue weighted by atomic mass is 79.9. The minimum atomic E-state index is -2.06. The largest absolute Gasteiger partial charge is 0.465 e. The number of benzene rings is 3. The Morgan fingerprint density at radius 1 is 0.778 bits per heavy atom. The molecule has 186 valence electrons. The molecule has 3 atom stereocenters. The summed E-state index contributed by atoms with van der Waals surface area (Å²) in [7, 11) is 0. The predicted octanol–water partition coefficient (Wildman–Crippen LogP) is 5.87. The zero-order valence-electron chi connectivity index (χ0n) is 20.1. The first-order valence-electron chi connectivity index (χ1n) is 11.8. The average molecular weight is 551 g/mol. The fourth-order valence-corrected chi connectivity index (χ4v) is 5.07. The highest BCUT2D eigenvalue weighted by Crippen LogP contribution is 2.59. The summed E-state index contributed by atoms with van der Waals surface area (Å²) in [6.45, 7) is 3.36. The zero-order valence-corrected chi connectivity index (χ0v) is 21.6.